The largest absolute Gasteiger partial charge is 0.356 e. The highest BCUT2D eigenvalue weighted by atomic mass is 16.2. The van der Waals surface area contributed by atoms with Crippen LogP contribution in [0.2, 0.25) is 0 Å². The number of carbonyl (C=O) groups is 2. The molecule has 1 heterocycles. The summed E-state index contributed by atoms with van der Waals surface area (Å²) in [6.45, 7) is 2.78. The van der Waals surface area contributed by atoms with Gasteiger partial charge in [-0.1, -0.05) is 0 Å². The molecule has 2 amide bonds. The molecule has 0 fully saturated rings. The van der Waals surface area contributed by atoms with Gasteiger partial charge in [0.1, 0.15) is 0 Å². The van der Waals surface area contributed by atoms with Crippen LogP contribution in [0.25, 0.3) is 0 Å². The Morgan fingerprint density at radius 1 is 1.47 bits per heavy atom. The standard InChI is InChI=1S/C9H14N4O2/c1-2-10-8(14)3-4-11-9(15)7-5-12-13-6-7/h5-6H,2-4H2,1H3,(H,10,14)(H,11,15)(H,12,13). The van der Waals surface area contributed by atoms with Crippen molar-refractivity contribution < 1.29 is 9.59 Å². The summed E-state index contributed by atoms with van der Waals surface area (Å²) in [7, 11) is 0. The quantitative estimate of drug-likeness (QED) is 0.621. The second kappa shape index (κ2) is 5.79. The van der Waals surface area contributed by atoms with Crippen LogP contribution in [0.5, 0.6) is 0 Å². The van der Waals surface area contributed by atoms with Crippen molar-refractivity contribution in [3.63, 3.8) is 0 Å². The Hall–Kier alpha value is -1.85. The zero-order valence-electron chi connectivity index (χ0n) is 8.54. The number of H-pyrrole nitrogens is 1. The summed E-state index contributed by atoms with van der Waals surface area (Å²) < 4.78 is 0. The molecular formula is C9H14N4O2. The monoisotopic (exact) mass is 210 g/mol. The van der Waals surface area contributed by atoms with Crippen molar-refractivity contribution in [2.75, 3.05) is 13.1 Å². The van der Waals surface area contributed by atoms with E-state index >= 15 is 0 Å². The maximum Gasteiger partial charge on any atom is 0.254 e. The Morgan fingerprint density at radius 2 is 2.27 bits per heavy atom. The Bertz CT molecular complexity index is 321. The summed E-state index contributed by atoms with van der Waals surface area (Å²) >= 11 is 0. The molecular weight excluding hydrogens is 196 g/mol. The highest BCUT2D eigenvalue weighted by molar-refractivity contribution is 5.93. The van der Waals surface area contributed by atoms with Gasteiger partial charge in [0.15, 0.2) is 0 Å². The molecule has 0 saturated heterocycles. The number of hydrogen-bond acceptors (Lipinski definition) is 3. The van der Waals surface area contributed by atoms with E-state index in [-0.39, 0.29) is 18.2 Å². The number of rotatable bonds is 5. The predicted octanol–water partition coefficient (Wildman–Crippen LogP) is -0.334. The van der Waals surface area contributed by atoms with Crippen LogP contribution < -0.4 is 10.6 Å². The number of nitrogens with one attached hydrogen (secondary N) is 3. The van der Waals surface area contributed by atoms with Gasteiger partial charge in [-0.3, -0.25) is 14.7 Å². The van der Waals surface area contributed by atoms with Gasteiger partial charge in [0.25, 0.3) is 5.91 Å². The first-order chi connectivity index (χ1) is 7.24. The zero-order chi connectivity index (χ0) is 11.1. The summed E-state index contributed by atoms with van der Waals surface area (Å²) in [5, 5.41) is 11.5. The van der Waals surface area contributed by atoms with E-state index in [9.17, 15) is 9.59 Å². The second-order valence-corrected chi connectivity index (χ2v) is 2.95. The second-order valence-electron chi connectivity index (χ2n) is 2.95. The van der Waals surface area contributed by atoms with Crippen molar-refractivity contribution in [2.24, 2.45) is 0 Å². The number of amides is 2. The molecule has 0 saturated carbocycles. The lowest BCUT2D eigenvalue weighted by Crippen LogP contribution is -2.30. The maximum absolute atomic E-state index is 11.3. The summed E-state index contributed by atoms with van der Waals surface area (Å²) in [6, 6.07) is 0. The molecule has 0 unspecified atom stereocenters. The maximum atomic E-state index is 11.3. The molecule has 0 aliphatic rings. The van der Waals surface area contributed by atoms with E-state index in [0.717, 1.165) is 0 Å². The fourth-order valence-corrected chi connectivity index (χ4v) is 1.05. The lowest BCUT2D eigenvalue weighted by Gasteiger charge is -2.03. The molecule has 6 nitrogen and oxygen atoms in total. The number of nitrogens with zero attached hydrogens (tertiary/aromatic N) is 1. The minimum atomic E-state index is -0.229. The van der Waals surface area contributed by atoms with E-state index in [2.05, 4.69) is 20.8 Å². The summed E-state index contributed by atoms with van der Waals surface area (Å²) in [5.41, 5.74) is 0.464. The molecule has 0 aliphatic carbocycles. The molecule has 15 heavy (non-hydrogen) atoms. The van der Waals surface area contributed by atoms with Crippen molar-refractivity contribution in [3.05, 3.63) is 18.0 Å². The average molecular weight is 210 g/mol. The van der Waals surface area contributed by atoms with E-state index in [1.165, 1.54) is 12.4 Å². The van der Waals surface area contributed by atoms with E-state index < -0.39 is 0 Å². The van der Waals surface area contributed by atoms with Gasteiger partial charge in [-0.2, -0.15) is 5.10 Å². The highest BCUT2D eigenvalue weighted by Gasteiger charge is 2.06. The molecule has 0 atom stereocenters. The first kappa shape index (κ1) is 11.2. The number of carbonyl (C=O) groups excluding carboxylic acids is 2. The molecule has 1 aromatic heterocycles. The third-order valence-corrected chi connectivity index (χ3v) is 1.77. The van der Waals surface area contributed by atoms with Gasteiger partial charge in [-0.05, 0) is 6.92 Å². The molecule has 82 valence electrons. The lowest BCUT2D eigenvalue weighted by molar-refractivity contribution is -0.120. The van der Waals surface area contributed by atoms with Crippen LogP contribution in [-0.2, 0) is 4.79 Å². The summed E-state index contributed by atoms with van der Waals surface area (Å²) in [5.74, 6) is -0.293. The summed E-state index contributed by atoms with van der Waals surface area (Å²) in [6.07, 6.45) is 3.22. The number of aromatic amines is 1. The van der Waals surface area contributed by atoms with Crippen LogP contribution in [0.15, 0.2) is 12.4 Å². The number of hydrogen-bond donors (Lipinski definition) is 3. The van der Waals surface area contributed by atoms with Gasteiger partial charge in [0, 0.05) is 25.7 Å². The molecule has 0 bridgehead atoms. The normalized spacial score (nSPS) is 9.67. The van der Waals surface area contributed by atoms with Gasteiger partial charge >= 0.3 is 0 Å². The fourth-order valence-electron chi connectivity index (χ4n) is 1.05. The third kappa shape index (κ3) is 3.80. The fraction of sp³-hybridized carbons (Fsp3) is 0.444. The smallest absolute Gasteiger partial charge is 0.254 e. The molecule has 6 heteroatoms. The SMILES string of the molecule is CCNC(=O)CCNC(=O)c1cn[nH]c1. The zero-order valence-corrected chi connectivity index (χ0v) is 8.54. The Labute approximate surface area is 87.4 Å². The van der Waals surface area contributed by atoms with Gasteiger partial charge in [0.05, 0.1) is 11.8 Å². The summed E-state index contributed by atoms with van der Waals surface area (Å²) in [4.78, 5) is 22.4. The Balaban J connectivity index is 2.21. The van der Waals surface area contributed by atoms with Gasteiger partial charge in [-0.25, -0.2) is 0 Å². The van der Waals surface area contributed by atoms with Gasteiger partial charge in [-0.15, -0.1) is 0 Å². The first-order valence-electron chi connectivity index (χ1n) is 4.77. The van der Waals surface area contributed by atoms with E-state index in [0.29, 0.717) is 18.7 Å². The van der Waals surface area contributed by atoms with E-state index in [4.69, 9.17) is 0 Å². The topological polar surface area (TPSA) is 86.9 Å². The highest BCUT2D eigenvalue weighted by Crippen LogP contribution is 1.92. The Morgan fingerprint density at radius 3 is 2.87 bits per heavy atom. The number of aromatic nitrogens is 2. The van der Waals surface area contributed by atoms with Crippen LogP contribution in [0.3, 0.4) is 0 Å². The van der Waals surface area contributed by atoms with Crippen LogP contribution in [0.1, 0.15) is 23.7 Å². The van der Waals surface area contributed by atoms with Crippen molar-refractivity contribution >= 4 is 11.8 Å². The van der Waals surface area contributed by atoms with Crippen molar-refractivity contribution in [2.45, 2.75) is 13.3 Å². The minimum Gasteiger partial charge on any atom is -0.356 e. The molecule has 0 radical (unpaired) electrons. The van der Waals surface area contributed by atoms with Crippen molar-refractivity contribution in [3.8, 4) is 0 Å². The van der Waals surface area contributed by atoms with Gasteiger partial charge < -0.3 is 10.6 Å². The van der Waals surface area contributed by atoms with Crippen molar-refractivity contribution in [1.29, 1.82) is 0 Å². The molecule has 0 spiro atoms. The Kier molecular flexibility index (Phi) is 4.33. The average Bonchev–Trinajstić information content (AvgIpc) is 2.70. The van der Waals surface area contributed by atoms with E-state index in [1.54, 1.807) is 0 Å². The molecule has 3 N–H and O–H groups in total. The van der Waals surface area contributed by atoms with Crippen LogP contribution in [0.4, 0.5) is 0 Å². The first-order valence-corrected chi connectivity index (χ1v) is 4.77. The van der Waals surface area contributed by atoms with Crippen LogP contribution >= 0.6 is 0 Å². The molecule has 1 rings (SSSR count). The van der Waals surface area contributed by atoms with Crippen molar-refractivity contribution in [1.82, 2.24) is 20.8 Å². The third-order valence-electron chi connectivity index (χ3n) is 1.77. The molecule has 0 aromatic carbocycles. The molecule has 1 aromatic rings. The predicted molar refractivity (Wildman–Crippen MR) is 54.2 cm³/mol. The lowest BCUT2D eigenvalue weighted by atomic mass is 10.3. The van der Waals surface area contributed by atoms with Crippen LogP contribution in [0, 0.1) is 0 Å². The minimum absolute atomic E-state index is 0.0648. The van der Waals surface area contributed by atoms with E-state index in [1.807, 2.05) is 6.92 Å². The van der Waals surface area contributed by atoms with Gasteiger partial charge in [0.2, 0.25) is 5.91 Å². The van der Waals surface area contributed by atoms with Crippen LogP contribution in [-0.4, -0.2) is 35.1 Å². The molecule has 0 aliphatic heterocycles.